The summed E-state index contributed by atoms with van der Waals surface area (Å²) in [6, 6.07) is 0.579. The van der Waals surface area contributed by atoms with Crippen molar-refractivity contribution in [2.24, 2.45) is 5.73 Å². The Balaban J connectivity index is 4.33. The molecule has 7 nitrogen and oxygen atoms in total. The fraction of sp³-hybridized carbons (Fsp3) is 0.571. The highest BCUT2D eigenvalue weighted by Crippen LogP contribution is 2.05. The standard InChI is InChI=1S/C7H10ClN3O4/c1-14-4-6(5(12)2-3-9)15-11(8)7(10)13/h6H,2,4H2,1H3,(H2,10,13). The Morgan fingerprint density at radius 3 is 2.67 bits per heavy atom. The summed E-state index contributed by atoms with van der Waals surface area (Å²) in [4.78, 5) is 26.4. The molecule has 0 bridgehead atoms. The first-order chi connectivity index (χ1) is 7.02. The number of carbonyl (C=O) groups is 2. The number of halogens is 1. The van der Waals surface area contributed by atoms with Crippen LogP contribution in [0.25, 0.3) is 0 Å². The first kappa shape index (κ1) is 13.6. The highest BCUT2D eigenvalue weighted by Gasteiger charge is 2.23. The molecule has 0 radical (unpaired) electrons. The van der Waals surface area contributed by atoms with Gasteiger partial charge in [-0.05, 0) is 0 Å². The average molecular weight is 236 g/mol. The molecule has 0 rings (SSSR count). The van der Waals surface area contributed by atoms with Crippen molar-refractivity contribution < 1.29 is 19.2 Å². The molecule has 0 spiro atoms. The van der Waals surface area contributed by atoms with Crippen molar-refractivity contribution in [2.45, 2.75) is 12.5 Å². The van der Waals surface area contributed by atoms with E-state index in [1.807, 2.05) is 0 Å². The molecule has 0 aliphatic rings. The van der Waals surface area contributed by atoms with Crippen LogP contribution in [-0.4, -0.2) is 36.2 Å². The van der Waals surface area contributed by atoms with Gasteiger partial charge in [-0.2, -0.15) is 5.26 Å². The van der Waals surface area contributed by atoms with Gasteiger partial charge in [0.15, 0.2) is 11.9 Å². The van der Waals surface area contributed by atoms with Crippen LogP contribution in [0.15, 0.2) is 0 Å². The van der Waals surface area contributed by atoms with E-state index in [1.54, 1.807) is 6.07 Å². The molecule has 2 N–H and O–H groups in total. The number of nitrogens with two attached hydrogens (primary N) is 1. The third-order valence-corrected chi connectivity index (χ3v) is 1.57. The Morgan fingerprint density at radius 2 is 2.27 bits per heavy atom. The maximum atomic E-state index is 11.2. The van der Waals surface area contributed by atoms with Crippen molar-refractivity contribution in [1.82, 2.24) is 4.58 Å². The zero-order valence-corrected chi connectivity index (χ0v) is 8.73. The van der Waals surface area contributed by atoms with E-state index >= 15 is 0 Å². The predicted octanol–water partition coefficient (Wildman–Crippen LogP) is -0.0497. The molecule has 8 heteroatoms. The summed E-state index contributed by atoms with van der Waals surface area (Å²) in [6.45, 7) is -0.128. The quantitative estimate of drug-likeness (QED) is 0.513. The van der Waals surface area contributed by atoms with Crippen LogP contribution in [0, 0.1) is 11.3 Å². The number of hydrogen-bond donors (Lipinski definition) is 1. The average Bonchev–Trinajstić information content (AvgIpc) is 2.17. The van der Waals surface area contributed by atoms with Crippen molar-refractivity contribution >= 4 is 23.6 Å². The van der Waals surface area contributed by atoms with Crippen LogP contribution in [0.5, 0.6) is 0 Å². The van der Waals surface area contributed by atoms with Gasteiger partial charge >= 0.3 is 6.03 Å². The zero-order chi connectivity index (χ0) is 11.8. The number of hydroxylamine groups is 1. The molecular weight excluding hydrogens is 226 g/mol. The van der Waals surface area contributed by atoms with Gasteiger partial charge in [0.2, 0.25) is 0 Å². The number of hydrogen-bond acceptors (Lipinski definition) is 5. The van der Waals surface area contributed by atoms with E-state index in [1.165, 1.54) is 7.11 Å². The minimum atomic E-state index is -1.13. The second-order valence-electron chi connectivity index (χ2n) is 2.43. The molecule has 2 amide bonds. The summed E-state index contributed by atoms with van der Waals surface area (Å²) >= 11 is 5.24. The Hall–Kier alpha value is -1.36. The van der Waals surface area contributed by atoms with E-state index in [0.29, 0.717) is 0 Å². The lowest BCUT2D eigenvalue weighted by atomic mass is 10.2. The van der Waals surface area contributed by atoms with Gasteiger partial charge in [0.05, 0.1) is 19.1 Å². The number of rotatable bonds is 6. The van der Waals surface area contributed by atoms with Crippen molar-refractivity contribution in [3.05, 3.63) is 0 Å². The van der Waals surface area contributed by atoms with Gasteiger partial charge in [-0.1, -0.05) is 0 Å². The molecule has 1 atom stereocenters. The number of carbonyl (C=O) groups excluding carboxylic acids is 2. The lowest BCUT2D eigenvalue weighted by Crippen LogP contribution is -2.38. The minimum Gasteiger partial charge on any atom is -0.381 e. The first-order valence-corrected chi connectivity index (χ1v) is 4.17. The van der Waals surface area contributed by atoms with Gasteiger partial charge in [-0.25, -0.2) is 9.63 Å². The topological polar surface area (TPSA) is 106 Å². The SMILES string of the molecule is COCC(ON(Cl)C(N)=O)C(=O)CC#N. The van der Waals surface area contributed by atoms with Crippen molar-refractivity contribution in [1.29, 1.82) is 5.26 Å². The summed E-state index contributed by atoms with van der Waals surface area (Å²) in [6.07, 6.45) is -1.49. The number of amides is 2. The highest BCUT2D eigenvalue weighted by atomic mass is 35.5. The van der Waals surface area contributed by atoms with Crippen LogP contribution in [-0.2, 0) is 14.4 Å². The van der Waals surface area contributed by atoms with Crippen molar-refractivity contribution in [3.63, 3.8) is 0 Å². The second-order valence-corrected chi connectivity index (χ2v) is 2.74. The number of nitrogens with zero attached hydrogens (tertiary/aromatic N) is 2. The van der Waals surface area contributed by atoms with E-state index in [9.17, 15) is 9.59 Å². The minimum absolute atomic E-state index is 0.128. The smallest absolute Gasteiger partial charge is 0.354 e. The largest absolute Gasteiger partial charge is 0.381 e. The highest BCUT2D eigenvalue weighted by molar-refractivity contribution is 6.19. The Kier molecular flexibility index (Phi) is 6.37. The fourth-order valence-corrected chi connectivity index (χ4v) is 0.785. The van der Waals surface area contributed by atoms with Crippen LogP contribution < -0.4 is 5.73 Å². The number of Topliss-reactive ketones (excluding diaryl/α,β-unsaturated/α-hetero) is 1. The van der Waals surface area contributed by atoms with Crippen molar-refractivity contribution in [2.75, 3.05) is 13.7 Å². The Labute approximate surface area is 91.3 Å². The molecule has 84 valence electrons. The van der Waals surface area contributed by atoms with E-state index in [2.05, 4.69) is 9.57 Å². The number of nitriles is 1. The van der Waals surface area contributed by atoms with Gasteiger partial charge in [0.1, 0.15) is 0 Å². The van der Waals surface area contributed by atoms with Crippen LogP contribution in [0.4, 0.5) is 4.79 Å². The number of methoxy groups -OCH3 is 1. The summed E-state index contributed by atoms with van der Waals surface area (Å²) in [5.41, 5.74) is 4.77. The molecule has 0 aliphatic heterocycles. The lowest BCUT2D eigenvalue weighted by Gasteiger charge is -2.17. The molecule has 0 aromatic carbocycles. The van der Waals surface area contributed by atoms with Crippen LogP contribution in [0.1, 0.15) is 6.42 Å². The monoisotopic (exact) mass is 235 g/mol. The molecule has 15 heavy (non-hydrogen) atoms. The Morgan fingerprint density at radius 1 is 1.67 bits per heavy atom. The molecule has 1 unspecified atom stereocenters. The molecule has 0 fully saturated rings. The third kappa shape index (κ3) is 5.17. The van der Waals surface area contributed by atoms with Crippen LogP contribution in [0.2, 0.25) is 0 Å². The van der Waals surface area contributed by atoms with E-state index in [0.717, 1.165) is 0 Å². The maximum Gasteiger partial charge on any atom is 0.354 e. The fourth-order valence-electron chi connectivity index (χ4n) is 0.689. The zero-order valence-electron chi connectivity index (χ0n) is 7.97. The van der Waals surface area contributed by atoms with E-state index in [-0.39, 0.29) is 17.6 Å². The summed E-state index contributed by atoms with van der Waals surface area (Å²) in [7, 11) is 1.33. The van der Waals surface area contributed by atoms with Gasteiger partial charge in [0.25, 0.3) is 0 Å². The summed E-state index contributed by atoms with van der Waals surface area (Å²) < 4.78 is 4.85. The molecule has 0 heterocycles. The summed E-state index contributed by atoms with van der Waals surface area (Å²) in [5, 5.41) is 8.29. The van der Waals surface area contributed by atoms with Crippen LogP contribution in [0.3, 0.4) is 0 Å². The lowest BCUT2D eigenvalue weighted by molar-refractivity contribution is -0.154. The molecule has 0 saturated carbocycles. The Bertz CT molecular complexity index is 278. The first-order valence-electron chi connectivity index (χ1n) is 3.83. The molecule has 0 aliphatic carbocycles. The second kappa shape index (κ2) is 7.00. The van der Waals surface area contributed by atoms with Gasteiger partial charge in [-0.15, -0.1) is 4.58 Å². The number of urea groups is 1. The molecule has 0 aromatic heterocycles. The molecule has 0 aromatic rings. The summed E-state index contributed by atoms with van der Waals surface area (Å²) in [5.74, 6) is -0.550. The number of primary amides is 1. The molecular formula is C7H10ClN3O4. The van der Waals surface area contributed by atoms with Crippen molar-refractivity contribution in [3.8, 4) is 6.07 Å². The number of ether oxygens (including phenoxy) is 1. The van der Waals surface area contributed by atoms with Crippen LogP contribution >= 0.6 is 11.8 Å². The number of ketones is 1. The normalized spacial score (nSPS) is 11.5. The predicted molar refractivity (Wildman–Crippen MR) is 49.3 cm³/mol. The van der Waals surface area contributed by atoms with Gasteiger partial charge in [-0.3, -0.25) is 4.79 Å². The van der Waals surface area contributed by atoms with E-state index in [4.69, 9.17) is 22.8 Å². The van der Waals surface area contributed by atoms with E-state index < -0.39 is 17.9 Å². The molecule has 0 saturated heterocycles. The van der Waals surface area contributed by atoms with Gasteiger partial charge in [0, 0.05) is 18.9 Å². The third-order valence-electron chi connectivity index (χ3n) is 1.32. The maximum absolute atomic E-state index is 11.2. The van der Waals surface area contributed by atoms with Gasteiger partial charge < -0.3 is 10.5 Å².